The second-order valence-electron chi connectivity index (χ2n) is 4.99. The molecule has 2 amide bonds. The van der Waals surface area contributed by atoms with Gasteiger partial charge in [0.15, 0.2) is 0 Å². The average Bonchev–Trinajstić information content (AvgIpc) is 2.48. The number of nitrogens with one attached hydrogen (secondary N) is 1. The molecule has 0 unspecified atom stereocenters. The molecule has 5 heteroatoms. The molecule has 1 aliphatic heterocycles. The molecule has 0 radical (unpaired) electrons. The van der Waals surface area contributed by atoms with Crippen LogP contribution >= 0.6 is 0 Å². The van der Waals surface area contributed by atoms with Crippen LogP contribution in [-0.4, -0.2) is 36.3 Å². The molecule has 1 heterocycles. The Hall–Kier alpha value is -1.91. The number of piperidine rings is 1. The first-order valence-electron chi connectivity index (χ1n) is 6.94. The summed E-state index contributed by atoms with van der Waals surface area (Å²) < 4.78 is 12.9. The lowest BCUT2D eigenvalue weighted by atomic mass is 9.96. The fourth-order valence-electron chi connectivity index (χ4n) is 2.47. The molecule has 20 heavy (non-hydrogen) atoms. The van der Waals surface area contributed by atoms with Crippen LogP contribution in [0.2, 0.25) is 0 Å². The first-order chi connectivity index (χ1) is 9.61. The molecule has 1 N–H and O–H groups in total. The van der Waals surface area contributed by atoms with E-state index in [9.17, 15) is 14.0 Å². The van der Waals surface area contributed by atoms with Crippen molar-refractivity contribution in [3.63, 3.8) is 0 Å². The molecule has 108 valence electrons. The number of likely N-dealkylation sites (tertiary alicyclic amines) is 1. The van der Waals surface area contributed by atoms with Crippen LogP contribution in [-0.2, 0) is 4.79 Å². The number of rotatable bonds is 3. The molecule has 0 saturated carbocycles. The molecular weight excluding hydrogens is 259 g/mol. The topological polar surface area (TPSA) is 49.4 Å². The molecular formula is C15H19FN2O2. The fraction of sp³-hybridized carbons (Fsp3) is 0.467. The Morgan fingerprint density at radius 3 is 2.70 bits per heavy atom. The third-order valence-corrected chi connectivity index (χ3v) is 3.52. The minimum absolute atomic E-state index is 0.00380. The molecule has 1 aromatic rings. The highest BCUT2D eigenvalue weighted by Gasteiger charge is 2.28. The molecule has 0 aromatic heterocycles. The van der Waals surface area contributed by atoms with E-state index in [0.717, 1.165) is 12.8 Å². The van der Waals surface area contributed by atoms with E-state index in [1.165, 1.54) is 24.3 Å². The maximum Gasteiger partial charge on any atom is 0.253 e. The van der Waals surface area contributed by atoms with Crippen LogP contribution in [0.4, 0.5) is 4.39 Å². The normalized spacial score (nSPS) is 18.7. The zero-order valence-corrected chi connectivity index (χ0v) is 11.6. The Kier molecular flexibility index (Phi) is 4.71. The summed E-state index contributed by atoms with van der Waals surface area (Å²) in [4.78, 5) is 25.8. The number of nitrogens with zero attached hydrogens (tertiary/aromatic N) is 1. The predicted molar refractivity (Wildman–Crippen MR) is 73.7 cm³/mol. The Labute approximate surface area is 118 Å². The van der Waals surface area contributed by atoms with Crippen molar-refractivity contribution < 1.29 is 14.0 Å². The van der Waals surface area contributed by atoms with Crippen molar-refractivity contribution in [2.45, 2.75) is 19.8 Å². The third kappa shape index (κ3) is 3.35. The third-order valence-electron chi connectivity index (χ3n) is 3.52. The number of halogens is 1. The van der Waals surface area contributed by atoms with Gasteiger partial charge in [-0.05, 0) is 44.0 Å². The lowest BCUT2D eigenvalue weighted by Crippen LogP contribution is -2.45. The van der Waals surface area contributed by atoms with Gasteiger partial charge in [-0.3, -0.25) is 9.59 Å². The largest absolute Gasteiger partial charge is 0.356 e. The molecule has 1 fully saturated rings. The molecule has 1 aliphatic rings. The average molecular weight is 278 g/mol. The van der Waals surface area contributed by atoms with Crippen LogP contribution in [0, 0.1) is 11.7 Å². The maximum atomic E-state index is 12.9. The van der Waals surface area contributed by atoms with Gasteiger partial charge in [-0.25, -0.2) is 4.39 Å². The minimum atomic E-state index is -0.361. The number of carbonyl (C=O) groups excluding carboxylic acids is 2. The van der Waals surface area contributed by atoms with E-state index >= 15 is 0 Å². The van der Waals surface area contributed by atoms with Crippen LogP contribution in [0.5, 0.6) is 0 Å². The molecule has 0 spiro atoms. The summed E-state index contributed by atoms with van der Waals surface area (Å²) in [6.45, 7) is 3.55. The first kappa shape index (κ1) is 14.5. The maximum absolute atomic E-state index is 12.9. The summed E-state index contributed by atoms with van der Waals surface area (Å²) >= 11 is 0. The zero-order valence-electron chi connectivity index (χ0n) is 11.6. The van der Waals surface area contributed by atoms with Gasteiger partial charge in [0.25, 0.3) is 5.91 Å². The van der Waals surface area contributed by atoms with E-state index in [1.807, 2.05) is 6.92 Å². The van der Waals surface area contributed by atoms with Crippen LogP contribution in [0.25, 0.3) is 0 Å². The molecule has 4 nitrogen and oxygen atoms in total. The lowest BCUT2D eigenvalue weighted by molar-refractivity contribution is -0.126. The number of benzene rings is 1. The second kappa shape index (κ2) is 6.50. The number of carbonyl (C=O) groups is 2. The van der Waals surface area contributed by atoms with Crippen molar-refractivity contribution in [1.29, 1.82) is 0 Å². The number of hydrogen-bond acceptors (Lipinski definition) is 2. The quantitative estimate of drug-likeness (QED) is 0.916. The van der Waals surface area contributed by atoms with E-state index in [4.69, 9.17) is 0 Å². The number of hydrogen-bond donors (Lipinski definition) is 1. The fourth-order valence-corrected chi connectivity index (χ4v) is 2.47. The van der Waals surface area contributed by atoms with E-state index in [2.05, 4.69) is 5.32 Å². The second-order valence-corrected chi connectivity index (χ2v) is 4.99. The first-order valence-corrected chi connectivity index (χ1v) is 6.94. The van der Waals surface area contributed by atoms with Gasteiger partial charge in [-0.2, -0.15) is 0 Å². The molecule has 2 rings (SSSR count). The highest BCUT2D eigenvalue weighted by molar-refractivity contribution is 5.94. The summed E-state index contributed by atoms with van der Waals surface area (Å²) in [5.41, 5.74) is 0.461. The Bertz CT molecular complexity index is 487. The van der Waals surface area contributed by atoms with Crippen LogP contribution in [0.15, 0.2) is 24.3 Å². The SMILES string of the molecule is CCNC(=O)[C@H]1CCCN(C(=O)c2ccc(F)cc2)C1. The molecule has 1 saturated heterocycles. The summed E-state index contributed by atoms with van der Waals surface area (Å²) in [5, 5.41) is 2.80. The van der Waals surface area contributed by atoms with Crippen molar-refractivity contribution >= 4 is 11.8 Å². The summed E-state index contributed by atoms with van der Waals surface area (Å²) in [5.74, 6) is -0.642. The monoisotopic (exact) mass is 278 g/mol. The molecule has 1 atom stereocenters. The zero-order chi connectivity index (χ0) is 14.5. The molecule has 0 bridgehead atoms. The Balaban J connectivity index is 2.03. The Morgan fingerprint density at radius 1 is 1.35 bits per heavy atom. The van der Waals surface area contributed by atoms with Crippen molar-refractivity contribution in [3.05, 3.63) is 35.6 Å². The van der Waals surface area contributed by atoms with Gasteiger partial charge in [0.05, 0.1) is 5.92 Å². The van der Waals surface area contributed by atoms with Crippen molar-refractivity contribution in [1.82, 2.24) is 10.2 Å². The standard InChI is InChI=1S/C15H19FN2O2/c1-2-17-14(19)12-4-3-9-18(10-12)15(20)11-5-7-13(16)8-6-11/h5-8,12H,2-4,9-10H2,1H3,(H,17,19)/t12-/m0/s1. The van der Waals surface area contributed by atoms with Gasteiger partial charge in [-0.1, -0.05) is 0 Å². The van der Waals surface area contributed by atoms with Gasteiger partial charge in [0, 0.05) is 25.2 Å². The van der Waals surface area contributed by atoms with Crippen LogP contribution in [0.3, 0.4) is 0 Å². The summed E-state index contributed by atoms with van der Waals surface area (Å²) in [6, 6.07) is 5.51. The highest BCUT2D eigenvalue weighted by atomic mass is 19.1. The van der Waals surface area contributed by atoms with Gasteiger partial charge in [0.1, 0.15) is 5.82 Å². The van der Waals surface area contributed by atoms with E-state index in [1.54, 1.807) is 4.90 Å². The Morgan fingerprint density at radius 2 is 2.05 bits per heavy atom. The smallest absolute Gasteiger partial charge is 0.253 e. The highest BCUT2D eigenvalue weighted by Crippen LogP contribution is 2.19. The van der Waals surface area contributed by atoms with Gasteiger partial charge < -0.3 is 10.2 Å². The van der Waals surface area contributed by atoms with E-state index in [-0.39, 0.29) is 23.5 Å². The molecule has 1 aromatic carbocycles. The van der Waals surface area contributed by atoms with Crippen molar-refractivity contribution in [2.75, 3.05) is 19.6 Å². The van der Waals surface area contributed by atoms with Crippen LogP contribution in [0.1, 0.15) is 30.1 Å². The summed E-state index contributed by atoms with van der Waals surface area (Å²) in [7, 11) is 0. The van der Waals surface area contributed by atoms with Gasteiger partial charge in [0.2, 0.25) is 5.91 Å². The van der Waals surface area contributed by atoms with Gasteiger partial charge in [-0.15, -0.1) is 0 Å². The number of amides is 2. The van der Waals surface area contributed by atoms with Crippen LogP contribution < -0.4 is 5.32 Å². The molecule has 0 aliphatic carbocycles. The minimum Gasteiger partial charge on any atom is -0.356 e. The predicted octanol–water partition coefficient (Wildman–Crippen LogP) is 1.81. The van der Waals surface area contributed by atoms with Crippen molar-refractivity contribution in [2.24, 2.45) is 5.92 Å². The van der Waals surface area contributed by atoms with Crippen molar-refractivity contribution in [3.8, 4) is 0 Å². The summed E-state index contributed by atoms with van der Waals surface area (Å²) in [6.07, 6.45) is 1.62. The van der Waals surface area contributed by atoms with E-state index < -0.39 is 0 Å². The lowest BCUT2D eigenvalue weighted by Gasteiger charge is -2.32. The van der Waals surface area contributed by atoms with E-state index in [0.29, 0.717) is 25.2 Å². The van der Waals surface area contributed by atoms with Gasteiger partial charge >= 0.3 is 0 Å².